The average molecular weight is 303 g/mol. The second-order valence-electron chi connectivity index (χ2n) is 3.36. The van der Waals surface area contributed by atoms with Gasteiger partial charge in [-0.2, -0.15) is 0 Å². The molecule has 0 amide bonds. The molecule has 0 saturated heterocycles. The third-order valence-electron chi connectivity index (χ3n) is 2.10. The minimum atomic E-state index is -0.625. The van der Waals surface area contributed by atoms with E-state index in [9.17, 15) is 5.11 Å². The van der Waals surface area contributed by atoms with Crippen LogP contribution in [0.15, 0.2) is 28.9 Å². The number of benzene rings is 1. The van der Waals surface area contributed by atoms with Crippen molar-refractivity contribution in [1.29, 1.82) is 0 Å². The fraction of sp³-hybridized carbons (Fsp3) is 0.200. The summed E-state index contributed by atoms with van der Waals surface area (Å²) in [5.41, 5.74) is 1.35. The number of aliphatic hydroxyl groups is 1. The van der Waals surface area contributed by atoms with Crippen LogP contribution in [-0.4, -0.2) is 20.1 Å². The van der Waals surface area contributed by atoms with E-state index in [4.69, 9.17) is 11.6 Å². The number of halogens is 2. The molecule has 0 fully saturated rings. The normalized spacial score (nSPS) is 12.8. The number of rotatable bonds is 2. The molecule has 0 aliphatic carbocycles. The summed E-state index contributed by atoms with van der Waals surface area (Å²) in [7, 11) is 0. The maximum atomic E-state index is 9.35. The zero-order valence-corrected chi connectivity index (χ0v) is 10.8. The molecule has 84 valence electrons. The topological polar surface area (TPSA) is 50.9 Å². The third-order valence-corrected chi connectivity index (χ3v) is 2.97. The summed E-state index contributed by atoms with van der Waals surface area (Å²) in [6.07, 6.45) is 1.05. The van der Waals surface area contributed by atoms with Crippen molar-refractivity contribution >= 4 is 27.5 Å². The van der Waals surface area contributed by atoms with E-state index in [-0.39, 0.29) is 0 Å². The van der Waals surface area contributed by atoms with Crippen molar-refractivity contribution in [3.63, 3.8) is 0 Å². The van der Waals surface area contributed by atoms with Gasteiger partial charge in [-0.15, -0.1) is 5.10 Å². The van der Waals surface area contributed by atoms with Crippen LogP contribution >= 0.6 is 27.5 Å². The van der Waals surface area contributed by atoms with Gasteiger partial charge >= 0.3 is 0 Å². The first-order valence-electron chi connectivity index (χ1n) is 4.63. The number of hydrogen-bond acceptors (Lipinski definition) is 3. The van der Waals surface area contributed by atoms with Gasteiger partial charge in [0.15, 0.2) is 0 Å². The Balaban J connectivity index is 2.42. The molecule has 16 heavy (non-hydrogen) atoms. The van der Waals surface area contributed by atoms with Crippen LogP contribution in [0.1, 0.15) is 18.7 Å². The molecule has 6 heteroatoms. The average Bonchev–Trinajstić information content (AvgIpc) is 2.66. The first-order valence-corrected chi connectivity index (χ1v) is 5.81. The van der Waals surface area contributed by atoms with Crippen molar-refractivity contribution in [2.45, 2.75) is 13.0 Å². The predicted molar refractivity (Wildman–Crippen MR) is 64.7 cm³/mol. The molecule has 4 nitrogen and oxygen atoms in total. The van der Waals surface area contributed by atoms with Gasteiger partial charge in [0.05, 0.1) is 18.0 Å². The lowest BCUT2D eigenvalue weighted by Crippen LogP contribution is -1.95. The minimum Gasteiger partial charge on any atom is -0.387 e. The van der Waals surface area contributed by atoms with Gasteiger partial charge in [0, 0.05) is 9.50 Å². The van der Waals surface area contributed by atoms with Crippen molar-refractivity contribution in [2.24, 2.45) is 0 Å². The Hall–Kier alpha value is -0.910. The first kappa shape index (κ1) is 11.6. The Bertz CT molecular complexity index is 513. The maximum Gasteiger partial charge on any atom is 0.111 e. The van der Waals surface area contributed by atoms with E-state index in [1.807, 2.05) is 6.07 Å². The Morgan fingerprint density at radius 1 is 1.50 bits per heavy atom. The van der Waals surface area contributed by atoms with E-state index in [1.54, 1.807) is 29.9 Å². The lowest BCUT2D eigenvalue weighted by molar-refractivity contribution is 0.194. The summed E-state index contributed by atoms with van der Waals surface area (Å²) >= 11 is 9.24. The Morgan fingerprint density at radius 2 is 2.25 bits per heavy atom. The molecule has 1 aromatic heterocycles. The quantitative estimate of drug-likeness (QED) is 0.928. The fourth-order valence-corrected chi connectivity index (χ4v) is 2.12. The van der Waals surface area contributed by atoms with Crippen LogP contribution in [0.5, 0.6) is 0 Å². The van der Waals surface area contributed by atoms with Gasteiger partial charge in [-0.05, 0) is 41.1 Å². The van der Waals surface area contributed by atoms with Crippen molar-refractivity contribution in [2.75, 3.05) is 0 Å². The number of hydrogen-bond donors (Lipinski definition) is 1. The second kappa shape index (κ2) is 4.53. The molecular formula is C10H9BrClN3O. The standard InChI is InChI=1S/C10H9BrClN3O/c1-6(16)9-5-15(14-13-9)10-3-2-7(12)4-8(10)11/h2-6,16H,1H3. The lowest BCUT2D eigenvalue weighted by atomic mass is 10.3. The highest BCUT2D eigenvalue weighted by Crippen LogP contribution is 2.24. The van der Waals surface area contributed by atoms with E-state index < -0.39 is 6.10 Å². The molecule has 2 rings (SSSR count). The largest absolute Gasteiger partial charge is 0.387 e. The van der Waals surface area contributed by atoms with Crippen molar-refractivity contribution < 1.29 is 5.11 Å². The van der Waals surface area contributed by atoms with Crippen LogP contribution in [0.25, 0.3) is 5.69 Å². The molecule has 0 saturated carbocycles. The summed E-state index contributed by atoms with van der Waals surface area (Å²) in [4.78, 5) is 0. The Morgan fingerprint density at radius 3 is 2.81 bits per heavy atom. The highest BCUT2D eigenvalue weighted by Gasteiger charge is 2.09. The molecule has 1 unspecified atom stereocenters. The van der Waals surface area contributed by atoms with Gasteiger partial charge in [-0.25, -0.2) is 4.68 Å². The monoisotopic (exact) mass is 301 g/mol. The molecule has 1 aromatic carbocycles. The van der Waals surface area contributed by atoms with Gasteiger partial charge in [0.25, 0.3) is 0 Å². The summed E-state index contributed by atoms with van der Waals surface area (Å²) in [5, 5.41) is 17.8. The predicted octanol–water partition coefficient (Wildman–Crippen LogP) is 2.74. The summed E-state index contributed by atoms with van der Waals surface area (Å²) in [6, 6.07) is 5.37. The first-order chi connectivity index (χ1) is 7.58. The zero-order chi connectivity index (χ0) is 11.7. The molecule has 1 heterocycles. The summed E-state index contributed by atoms with van der Waals surface area (Å²) in [5.74, 6) is 0. The van der Waals surface area contributed by atoms with Crippen molar-refractivity contribution in [3.8, 4) is 5.69 Å². The molecule has 0 radical (unpaired) electrons. The number of aromatic nitrogens is 3. The van der Waals surface area contributed by atoms with Crippen LogP contribution in [0.4, 0.5) is 0 Å². The molecule has 1 N–H and O–H groups in total. The molecule has 0 aliphatic rings. The van der Waals surface area contributed by atoms with Crippen LogP contribution in [-0.2, 0) is 0 Å². The van der Waals surface area contributed by atoms with Crippen molar-refractivity contribution in [3.05, 3.63) is 39.6 Å². The van der Waals surface area contributed by atoms with Gasteiger partial charge in [0.1, 0.15) is 5.69 Å². The lowest BCUT2D eigenvalue weighted by Gasteiger charge is -2.03. The fourth-order valence-electron chi connectivity index (χ4n) is 1.25. The zero-order valence-electron chi connectivity index (χ0n) is 8.43. The molecular weight excluding hydrogens is 293 g/mol. The van der Waals surface area contributed by atoms with Gasteiger partial charge in [0.2, 0.25) is 0 Å². The second-order valence-corrected chi connectivity index (χ2v) is 4.65. The third kappa shape index (κ3) is 2.26. The van der Waals surface area contributed by atoms with Gasteiger partial charge in [-0.1, -0.05) is 16.8 Å². The molecule has 2 aromatic rings. The van der Waals surface area contributed by atoms with Crippen LogP contribution in [0, 0.1) is 0 Å². The smallest absolute Gasteiger partial charge is 0.111 e. The molecule has 0 aliphatic heterocycles. The minimum absolute atomic E-state index is 0.529. The van der Waals surface area contributed by atoms with E-state index >= 15 is 0 Å². The SMILES string of the molecule is CC(O)c1cn(-c2ccc(Cl)cc2Br)nn1. The molecule has 0 bridgehead atoms. The van der Waals surface area contributed by atoms with Crippen LogP contribution in [0.2, 0.25) is 5.02 Å². The molecule has 0 spiro atoms. The Labute approximate surface area is 106 Å². The van der Waals surface area contributed by atoms with E-state index in [0.717, 1.165) is 10.2 Å². The Kier molecular flexibility index (Phi) is 3.28. The maximum absolute atomic E-state index is 9.35. The van der Waals surface area contributed by atoms with Crippen molar-refractivity contribution in [1.82, 2.24) is 15.0 Å². The number of aliphatic hydroxyl groups excluding tert-OH is 1. The van der Waals surface area contributed by atoms with Crippen LogP contribution in [0.3, 0.4) is 0 Å². The van der Waals surface area contributed by atoms with Gasteiger partial charge in [-0.3, -0.25) is 0 Å². The number of nitrogens with zero attached hydrogens (tertiary/aromatic N) is 3. The molecule has 1 atom stereocenters. The van der Waals surface area contributed by atoms with Crippen LogP contribution < -0.4 is 0 Å². The van der Waals surface area contributed by atoms with E-state index in [0.29, 0.717) is 10.7 Å². The summed E-state index contributed by atoms with van der Waals surface area (Å²) < 4.78 is 2.41. The van der Waals surface area contributed by atoms with E-state index in [1.165, 1.54) is 0 Å². The summed E-state index contributed by atoms with van der Waals surface area (Å²) in [6.45, 7) is 1.64. The highest BCUT2D eigenvalue weighted by atomic mass is 79.9. The van der Waals surface area contributed by atoms with Gasteiger partial charge < -0.3 is 5.11 Å². The highest BCUT2D eigenvalue weighted by molar-refractivity contribution is 9.10. The van der Waals surface area contributed by atoms with E-state index in [2.05, 4.69) is 26.2 Å².